The standard InChI is InChI=1S/C20H29N5OS/c1-4-16-15(2)27-19(23-16)9-10-22-20(21-3)25-13-11-24(12-14-25)17-7-5-6-8-18(17)26/h5-8,26H,4,9-14H2,1-3H3,(H,21,22). The number of aliphatic imine (C=N–C) groups is 1. The fourth-order valence-corrected chi connectivity index (χ4v) is 4.45. The van der Waals surface area contributed by atoms with Crippen molar-refractivity contribution in [1.29, 1.82) is 0 Å². The first kappa shape index (κ1) is 19.5. The number of rotatable bonds is 5. The predicted molar refractivity (Wildman–Crippen MR) is 113 cm³/mol. The van der Waals surface area contributed by atoms with Gasteiger partial charge >= 0.3 is 0 Å². The van der Waals surface area contributed by atoms with E-state index in [-0.39, 0.29) is 0 Å². The third-order valence-electron chi connectivity index (χ3n) is 4.91. The second-order valence-corrected chi connectivity index (χ2v) is 7.94. The van der Waals surface area contributed by atoms with Crippen LogP contribution in [0.15, 0.2) is 29.3 Å². The van der Waals surface area contributed by atoms with Crippen molar-refractivity contribution >= 4 is 23.0 Å². The fourth-order valence-electron chi connectivity index (χ4n) is 3.43. The van der Waals surface area contributed by atoms with E-state index in [2.05, 4.69) is 34.0 Å². The Bertz CT molecular complexity index is 780. The fraction of sp³-hybridized carbons (Fsp3) is 0.500. The van der Waals surface area contributed by atoms with Crippen LogP contribution in [0.2, 0.25) is 0 Å². The van der Waals surface area contributed by atoms with Gasteiger partial charge in [0.25, 0.3) is 0 Å². The highest BCUT2D eigenvalue weighted by Gasteiger charge is 2.21. The Morgan fingerprint density at radius 3 is 2.63 bits per heavy atom. The molecule has 2 aromatic rings. The normalized spacial score (nSPS) is 15.3. The lowest BCUT2D eigenvalue weighted by atomic mass is 10.2. The Hall–Kier alpha value is -2.28. The minimum Gasteiger partial charge on any atom is -0.506 e. The molecule has 0 spiro atoms. The number of aromatic hydroxyl groups is 1. The quantitative estimate of drug-likeness (QED) is 0.610. The van der Waals surface area contributed by atoms with Gasteiger partial charge in [0, 0.05) is 51.1 Å². The number of thiazole rings is 1. The molecule has 0 aliphatic carbocycles. The minimum absolute atomic E-state index is 0.346. The molecule has 1 aromatic carbocycles. The summed E-state index contributed by atoms with van der Waals surface area (Å²) in [4.78, 5) is 15.0. The van der Waals surface area contributed by atoms with E-state index in [0.29, 0.717) is 5.75 Å². The van der Waals surface area contributed by atoms with Crippen LogP contribution >= 0.6 is 11.3 Å². The molecule has 27 heavy (non-hydrogen) atoms. The van der Waals surface area contributed by atoms with E-state index in [9.17, 15) is 5.11 Å². The zero-order valence-electron chi connectivity index (χ0n) is 16.4. The maximum Gasteiger partial charge on any atom is 0.193 e. The van der Waals surface area contributed by atoms with Crippen molar-refractivity contribution in [3.8, 4) is 5.75 Å². The number of nitrogens with one attached hydrogen (secondary N) is 1. The summed E-state index contributed by atoms with van der Waals surface area (Å²) in [5.41, 5.74) is 2.13. The summed E-state index contributed by atoms with van der Waals surface area (Å²) in [6, 6.07) is 7.53. The molecule has 0 atom stereocenters. The second kappa shape index (κ2) is 9.08. The number of nitrogens with zero attached hydrogens (tertiary/aromatic N) is 4. The summed E-state index contributed by atoms with van der Waals surface area (Å²) in [5.74, 6) is 1.29. The molecule has 7 heteroatoms. The Morgan fingerprint density at radius 1 is 1.26 bits per heavy atom. The molecule has 0 radical (unpaired) electrons. The van der Waals surface area contributed by atoms with Crippen LogP contribution in [-0.2, 0) is 12.8 Å². The Morgan fingerprint density at radius 2 is 2.00 bits per heavy atom. The van der Waals surface area contributed by atoms with Gasteiger partial charge in [0.15, 0.2) is 5.96 Å². The van der Waals surface area contributed by atoms with Gasteiger partial charge in [0.2, 0.25) is 0 Å². The summed E-state index contributed by atoms with van der Waals surface area (Å²) >= 11 is 1.80. The number of para-hydroxylation sites is 2. The third-order valence-corrected chi connectivity index (χ3v) is 5.98. The van der Waals surface area contributed by atoms with Crippen LogP contribution in [-0.4, -0.2) is 60.7 Å². The zero-order valence-corrected chi connectivity index (χ0v) is 17.2. The molecule has 0 amide bonds. The molecule has 1 fully saturated rings. The summed E-state index contributed by atoms with van der Waals surface area (Å²) in [7, 11) is 1.83. The van der Waals surface area contributed by atoms with E-state index in [4.69, 9.17) is 4.98 Å². The largest absolute Gasteiger partial charge is 0.506 e. The molecule has 1 aromatic heterocycles. The van der Waals surface area contributed by atoms with E-state index in [1.54, 1.807) is 17.4 Å². The first-order chi connectivity index (χ1) is 13.1. The number of phenolic OH excluding ortho intramolecular Hbond substituents is 1. The van der Waals surface area contributed by atoms with Crippen LogP contribution in [0, 0.1) is 6.92 Å². The van der Waals surface area contributed by atoms with Crippen molar-refractivity contribution in [2.45, 2.75) is 26.7 Å². The maximum absolute atomic E-state index is 10.1. The molecule has 0 saturated carbocycles. The first-order valence-electron chi connectivity index (χ1n) is 9.56. The number of hydrogen-bond donors (Lipinski definition) is 2. The van der Waals surface area contributed by atoms with Crippen molar-refractivity contribution in [3.05, 3.63) is 39.8 Å². The Labute approximate surface area is 165 Å². The van der Waals surface area contributed by atoms with Crippen molar-refractivity contribution in [1.82, 2.24) is 15.2 Å². The van der Waals surface area contributed by atoms with E-state index in [0.717, 1.165) is 57.2 Å². The van der Waals surface area contributed by atoms with Crippen molar-refractivity contribution < 1.29 is 5.11 Å². The van der Waals surface area contributed by atoms with Crippen LogP contribution in [0.1, 0.15) is 22.5 Å². The van der Waals surface area contributed by atoms with Crippen LogP contribution in [0.3, 0.4) is 0 Å². The van der Waals surface area contributed by atoms with Gasteiger partial charge in [-0.2, -0.15) is 0 Å². The van der Waals surface area contributed by atoms with Gasteiger partial charge in [0.05, 0.1) is 16.4 Å². The van der Waals surface area contributed by atoms with E-state index in [1.807, 2.05) is 25.2 Å². The van der Waals surface area contributed by atoms with Crippen LogP contribution in [0.5, 0.6) is 5.75 Å². The lowest BCUT2D eigenvalue weighted by Crippen LogP contribution is -2.52. The molecule has 2 N–H and O–H groups in total. The number of benzene rings is 1. The SMILES string of the molecule is CCc1nc(CCNC(=NC)N2CCN(c3ccccc3O)CC2)sc1C. The number of guanidine groups is 1. The molecule has 1 aliphatic rings. The van der Waals surface area contributed by atoms with E-state index >= 15 is 0 Å². The van der Waals surface area contributed by atoms with Crippen LogP contribution in [0.25, 0.3) is 0 Å². The Kier molecular flexibility index (Phi) is 6.55. The van der Waals surface area contributed by atoms with Gasteiger partial charge < -0.3 is 20.2 Å². The smallest absolute Gasteiger partial charge is 0.193 e. The van der Waals surface area contributed by atoms with Gasteiger partial charge in [-0.05, 0) is 25.5 Å². The molecule has 3 rings (SSSR count). The average molecular weight is 388 g/mol. The van der Waals surface area contributed by atoms with Crippen molar-refractivity contribution in [2.24, 2.45) is 4.99 Å². The highest BCUT2D eigenvalue weighted by atomic mass is 32.1. The van der Waals surface area contributed by atoms with Gasteiger partial charge in [-0.1, -0.05) is 19.1 Å². The molecule has 1 saturated heterocycles. The van der Waals surface area contributed by atoms with Gasteiger partial charge in [-0.3, -0.25) is 4.99 Å². The number of piperazine rings is 1. The van der Waals surface area contributed by atoms with Gasteiger partial charge in [-0.15, -0.1) is 11.3 Å². The third kappa shape index (κ3) is 4.71. The highest BCUT2D eigenvalue weighted by Crippen LogP contribution is 2.27. The Balaban J connectivity index is 1.49. The van der Waals surface area contributed by atoms with Crippen LogP contribution < -0.4 is 10.2 Å². The molecular formula is C20H29N5OS. The number of aryl methyl sites for hydroxylation is 2. The molecule has 0 bridgehead atoms. The summed E-state index contributed by atoms with van der Waals surface area (Å²) < 4.78 is 0. The van der Waals surface area contributed by atoms with Gasteiger partial charge in [0.1, 0.15) is 5.75 Å². The minimum atomic E-state index is 0.346. The van der Waals surface area contributed by atoms with Gasteiger partial charge in [-0.25, -0.2) is 4.98 Å². The molecule has 0 unspecified atom stereocenters. The molecule has 6 nitrogen and oxygen atoms in total. The maximum atomic E-state index is 10.1. The molecule has 2 heterocycles. The lowest BCUT2D eigenvalue weighted by molar-refractivity contribution is 0.370. The highest BCUT2D eigenvalue weighted by molar-refractivity contribution is 7.11. The first-order valence-corrected chi connectivity index (χ1v) is 10.4. The number of phenols is 1. The average Bonchev–Trinajstić information content (AvgIpc) is 3.05. The summed E-state index contributed by atoms with van der Waals surface area (Å²) in [6.07, 6.45) is 1.92. The van der Waals surface area contributed by atoms with E-state index in [1.165, 1.54) is 15.6 Å². The zero-order chi connectivity index (χ0) is 19.2. The number of anilines is 1. The monoisotopic (exact) mass is 387 g/mol. The predicted octanol–water partition coefficient (Wildman–Crippen LogP) is 2.66. The summed E-state index contributed by atoms with van der Waals surface area (Å²) in [5, 5.41) is 14.7. The second-order valence-electron chi connectivity index (χ2n) is 6.65. The lowest BCUT2D eigenvalue weighted by Gasteiger charge is -2.37. The molecule has 1 aliphatic heterocycles. The number of aromatic nitrogens is 1. The van der Waals surface area contributed by atoms with E-state index < -0.39 is 0 Å². The van der Waals surface area contributed by atoms with Crippen molar-refractivity contribution in [3.63, 3.8) is 0 Å². The molecule has 146 valence electrons. The topological polar surface area (TPSA) is 64.0 Å². The van der Waals surface area contributed by atoms with Crippen LogP contribution in [0.4, 0.5) is 5.69 Å². The van der Waals surface area contributed by atoms with Crippen molar-refractivity contribution in [2.75, 3.05) is 44.7 Å². The molecular weight excluding hydrogens is 358 g/mol. The summed E-state index contributed by atoms with van der Waals surface area (Å²) in [6.45, 7) is 8.63. The number of hydrogen-bond acceptors (Lipinski definition) is 5.